The van der Waals surface area contributed by atoms with Crippen molar-refractivity contribution in [2.45, 2.75) is 45.6 Å². The standard InChI is InChI=1S/C21H26N2O5/c1-3-26-19-12-15(9-10-18(19)28-14-20(24)27-4-2)11-16(13-22)21(25)23-17-7-5-6-8-17/h9-12,17H,3-8,14H2,1-2H3,(H,23,25)/b16-11-. The van der Waals surface area contributed by atoms with Crippen molar-refractivity contribution < 1.29 is 23.8 Å². The Bertz CT molecular complexity index is 761. The minimum Gasteiger partial charge on any atom is -0.490 e. The molecule has 2 rings (SSSR count). The topological polar surface area (TPSA) is 97.7 Å². The predicted molar refractivity (Wildman–Crippen MR) is 104 cm³/mol. The number of ether oxygens (including phenoxy) is 3. The number of esters is 1. The normalized spacial score (nSPS) is 14.2. The Balaban J connectivity index is 2.13. The van der Waals surface area contributed by atoms with Crippen LogP contribution in [0.5, 0.6) is 11.5 Å². The third-order valence-electron chi connectivity index (χ3n) is 4.28. The van der Waals surface area contributed by atoms with Crippen LogP contribution in [-0.2, 0) is 14.3 Å². The molecule has 0 aromatic heterocycles. The van der Waals surface area contributed by atoms with Crippen LogP contribution in [0.1, 0.15) is 45.1 Å². The minimum atomic E-state index is -0.468. The average Bonchev–Trinajstić information content (AvgIpc) is 3.18. The third kappa shape index (κ3) is 6.31. The summed E-state index contributed by atoms with van der Waals surface area (Å²) < 4.78 is 15.9. The highest BCUT2D eigenvalue weighted by Crippen LogP contribution is 2.29. The molecule has 1 aliphatic carbocycles. The van der Waals surface area contributed by atoms with Gasteiger partial charge in [-0.3, -0.25) is 4.79 Å². The molecule has 1 saturated carbocycles. The summed E-state index contributed by atoms with van der Waals surface area (Å²) in [5, 5.41) is 12.3. The summed E-state index contributed by atoms with van der Waals surface area (Å²) in [6, 6.07) is 7.11. The van der Waals surface area contributed by atoms with Crippen molar-refractivity contribution in [1.29, 1.82) is 5.26 Å². The van der Waals surface area contributed by atoms with Crippen molar-refractivity contribution in [3.8, 4) is 17.6 Å². The molecule has 7 heteroatoms. The van der Waals surface area contributed by atoms with Gasteiger partial charge in [-0.25, -0.2) is 4.79 Å². The van der Waals surface area contributed by atoms with Crippen LogP contribution >= 0.6 is 0 Å². The van der Waals surface area contributed by atoms with Crippen molar-refractivity contribution in [2.24, 2.45) is 0 Å². The molecule has 1 aromatic rings. The Morgan fingerprint density at radius 3 is 2.57 bits per heavy atom. The lowest BCUT2D eigenvalue weighted by Crippen LogP contribution is -2.33. The monoisotopic (exact) mass is 386 g/mol. The largest absolute Gasteiger partial charge is 0.490 e. The molecule has 0 atom stereocenters. The van der Waals surface area contributed by atoms with Gasteiger partial charge in [0.2, 0.25) is 0 Å². The summed E-state index contributed by atoms with van der Waals surface area (Å²) in [6.45, 7) is 4.00. The number of hydrogen-bond donors (Lipinski definition) is 1. The third-order valence-corrected chi connectivity index (χ3v) is 4.28. The number of carbonyl (C=O) groups is 2. The van der Waals surface area contributed by atoms with Gasteiger partial charge >= 0.3 is 5.97 Å². The maximum Gasteiger partial charge on any atom is 0.344 e. The van der Waals surface area contributed by atoms with Gasteiger partial charge in [-0.2, -0.15) is 5.26 Å². The van der Waals surface area contributed by atoms with Crippen LogP contribution in [0, 0.1) is 11.3 Å². The van der Waals surface area contributed by atoms with Gasteiger partial charge in [0.25, 0.3) is 5.91 Å². The summed E-state index contributed by atoms with van der Waals surface area (Å²) in [5.41, 5.74) is 0.666. The minimum absolute atomic E-state index is 0.0366. The summed E-state index contributed by atoms with van der Waals surface area (Å²) in [4.78, 5) is 23.8. The van der Waals surface area contributed by atoms with Crippen LogP contribution in [0.25, 0.3) is 6.08 Å². The Kier molecular flexibility index (Phi) is 8.35. The lowest BCUT2D eigenvalue weighted by molar-refractivity contribution is -0.145. The Labute approximate surface area is 165 Å². The Morgan fingerprint density at radius 2 is 1.93 bits per heavy atom. The first-order chi connectivity index (χ1) is 13.6. The van der Waals surface area contributed by atoms with E-state index in [4.69, 9.17) is 14.2 Å². The summed E-state index contributed by atoms with van der Waals surface area (Å²) in [7, 11) is 0. The van der Waals surface area contributed by atoms with E-state index in [0.717, 1.165) is 25.7 Å². The van der Waals surface area contributed by atoms with Crippen LogP contribution in [0.2, 0.25) is 0 Å². The molecule has 1 aromatic carbocycles. The van der Waals surface area contributed by atoms with Crippen molar-refractivity contribution in [2.75, 3.05) is 19.8 Å². The Morgan fingerprint density at radius 1 is 1.18 bits per heavy atom. The van der Waals surface area contributed by atoms with Crippen molar-refractivity contribution in [1.82, 2.24) is 5.32 Å². The second kappa shape index (κ2) is 11.0. The fourth-order valence-electron chi connectivity index (χ4n) is 2.99. The van der Waals surface area contributed by atoms with Gasteiger partial charge in [0, 0.05) is 6.04 Å². The van der Waals surface area contributed by atoms with Crippen molar-refractivity contribution >= 4 is 18.0 Å². The molecule has 0 bridgehead atoms. The first kappa shape index (κ1) is 21.3. The average molecular weight is 386 g/mol. The van der Waals surface area contributed by atoms with Crippen molar-refractivity contribution in [3.05, 3.63) is 29.3 Å². The number of hydrogen-bond acceptors (Lipinski definition) is 6. The van der Waals surface area contributed by atoms with Crippen LogP contribution in [0.4, 0.5) is 0 Å². The first-order valence-electron chi connectivity index (χ1n) is 9.55. The fourth-order valence-corrected chi connectivity index (χ4v) is 2.99. The lowest BCUT2D eigenvalue weighted by Gasteiger charge is -2.13. The number of nitrogens with one attached hydrogen (secondary N) is 1. The van der Waals surface area contributed by atoms with E-state index in [0.29, 0.717) is 23.7 Å². The molecule has 0 aliphatic heterocycles. The number of amides is 1. The van der Waals surface area contributed by atoms with Gasteiger partial charge in [-0.1, -0.05) is 18.9 Å². The molecule has 0 heterocycles. The molecule has 0 radical (unpaired) electrons. The van der Waals surface area contributed by atoms with Crippen molar-refractivity contribution in [3.63, 3.8) is 0 Å². The first-order valence-corrected chi connectivity index (χ1v) is 9.55. The zero-order valence-corrected chi connectivity index (χ0v) is 16.3. The molecule has 28 heavy (non-hydrogen) atoms. The smallest absolute Gasteiger partial charge is 0.344 e. The van der Waals surface area contributed by atoms with Gasteiger partial charge in [-0.05, 0) is 50.5 Å². The highest BCUT2D eigenvalue weighted by molar-refractivity contribution is 6.01. The number of carbonyl (C=O) groups excluding carboxylic acids is 2. The van der Waals surface area contributed by atoms with Crippen LogP contribution < -0.4 is 14.8 Å². The van der Waals surface area contributed by atoms with E-state index >= 15 is 0 Å². The summed E-state index contributed by atoms with van der Waals surface area (Å²) >= 11 is 0. The number of rotatable bonds is 9. The van der Waals surface area contributed by atoms with E-state index in [2.05, 4.69) is 5.32 Å². The molecule has 0 unspecified atom stereocenters. The number of nitrogens with zero attached hydrogens (tertiary/aromatic N) is 1. The fraction of sp³-hybridized carbons (Fsp3) is 0.476. The predicted octanol–water partition coefficient (Wildman–Crippen LogP) is 2.99. The van der Waals surface area contributed by atoms with E-state index in [1.165, 1.54) is 6.08 Å². The number of benzene rings is 1. The zero-order valence-electron chi connectivity index (χ0n) is 16.3. The highest BCUT2D eigenvalue weighted by Gasteiger charge is 2.19. The van der Waals surface area contributed by atoms with Gasteiger partial charge in [0.15, 0.2) is 18.1 Å². The van der Waals surface area contributed by atoms with E-state index in [9.17, 15) is 14.9 Å². The second-order valence-corrected chi connectivity index (χ2v) is 6.36. The maximum absolute atomic E-state index is 12.3. The molecule has 1 aliphatic rings. The highest BCUT2D eigenvalue weighted by atomic mass is 16.6. The van der Waals surface area contributed by atoms with E-state index < -0.39 is 5.97 Å². The molecule has 0 spiro atoms. The molecule has 1 N–H and O–H groups in total. The van der Waals surface area contributed by atoms with Gasteiger partial charge in [-0.15, -0.1) is 0 Å². The lowest BCUT2D eigenvalue weighted by atomic mass is 10.1. The molecule has 150 valence electrons. The summed E-state index contributed by atoms with van der Waals surface area (Å²) in [6.07, 6.45) is 5.61. The van der Waals surface area contributed by atoms with Gasteiger partial charge in [0.05, 0.1) is 13.2 Å². The maximum atomic E-state index is 12.3. The van der Waals surface area contributed by atoms with E-state index in [1.54, 1.807) is 25.1 Å². The molecule has 1 amide bonds. The SMILES string of the molecule is CCOC(=O)COc1ccc(/C=C(/C#N)C(=O)NC2CCCC2)cc1OCC. The molecular formula is C21H26N2O5. The Hall–Kier alpha value is -3.01. The quantitative estimate of drug-likeness (QED) is 0.398. The molecule has 7 nitrogen and oxygen atoms in total. The molecule has 0 saturated heterocycles. The van der Waals surface area contributed by atoms with E-state index in [1.807, 2.05) is 13.0 Å². The molecular weight excluding hydrogens is 360 g/mol. The van der Waals surface area contributed by atoms with Gasteiger partial charge in [0.1, 0.15) is 11.6 Å². The van der Waals surface area contributed by atoms with Crippen LogP contribution in [-0.4, -0.2) is 37.7 Å². The van der Waals surface area contributed by atoms with Crippen LogP contribution in [0.3, 0.4) is 0 Å². The zero-order chi connectivity index (χ0) is 20.4. The summed E-state index contributed by atoms with van der Waals surface area (Å²) in [5.74, 6) is -0.0192. The van der Waals surface area contributed by atoms with E-state index in [-0.39, 0.29) is 30.7 Å². The second-order valence-electron chi connectivity index (χ2n) is 6.36. The van der Waals surface area contributed by atoms with Crippen LogP contribution in [0.15, 0.2) is 23.8 Å². The van der Waals surface area contributed by atoms with Gasteiger partial charge < -0.3 is 19.5 Å². The molecule has 1 fully saturated rings. The number of nitriles is 1.